The molecule has 6 nitrogen and oxygen atoms in total. The van der Waals surface area contributed by atoms with Crippen LogP contribution in [0.3, 0.4) is 0 Å². The van der Waals surface area contributed by atoms with Gasteiger partial charge in [-0.15, -0.1) is 0 Å². The van der Waals surface area contributed by atoms with Gasteiger partial charge < -0.3 is 10.1 Å². The van der Waals surface area contributed by atoms with E-state index in [1.807, 2.05) is 48.5 Å². The number of carbonyl (C=O) groups excluding carboxylic acids is 2. The third kappa shape index (κ3) is 4.23. The zero-order valence-corrected chi connectivity index (χ0v) is 16.3. The van der Waals surface area contributed by atoms with Gasteiger partial charge >= 0.3 is 5.97 Å². The molecular weight excluding hydrogens is 378 g/mol. The van der Waals surface area contributed by atoms with Gasteiger partial charge in [-0.1, -0.05) is 54.1 Å². The quantitative estimate of drug-likeness (QED) is 0.642. The van der Waals surface area contributed by atoms with E-state index in [-0.39, 0.29) is 5.91 Å². The topological polar surface area (TPSA) is 73.2 Å². The first-order chi connectivity index (χ1) is 13.5. The number of halogens is 1. The molecule has 1 heterocycles. The van der Waals surface area contributed by atoms with Crippen LogP contribution in [0.5, 0.6) is 0 Å². The fourth-order valence-corrected chi connectivity index (χ4v) is 3.14. The molecule has 2 aromatic carbocycles. The Balaban J connectivity index is 1.85. The molecular formula is C21H20ClN3O3. The average Bonchev–Trinajstić information content (AvgIpc) is 3.22. The Kier molecular flexibility index (Phi) is 6.11. The van der Waals surface area contributed by atoms with Gasteiger partial charge in [0.2, 0.25) is 0 Å². The summed E-state index contributed by atoms with van der Waals surface area (Å²) in [7, 11) is 1.33. The van der Waals surface area contributed by atoms with Crippen molar-refractivity contribution in [2.45, 2.75) is 13.0 Å². The Morgan fingerprint density at radius 2 is 1.79 bits per heavy atom. The van der Waals surface area contributed by atoms with E-state index in [1.165, 1.54) is 13.3 Å². The summed E-state index contributed by atoms with van der Waals surface area (Å²) in [4.78, 5) is 24.9. The van der Waals surface area contributed by atoms with Crippen LogP contribution in [0.25, 0.3) is 5.69 Å². The molecule has 1 N–H and O–H groups in total. The molecule has 1 amide bonds. The average molecular weight is 398 g/mol. The SMILES string of the molecule is COC(=O)C(C)C(NC(=O)c1cnn(-c2ccccc2Cl)c1)c1ccccc1. The number of nitrogens with one attached hydrogen (secondary N) is 1. The van der Waals surface area contributed by atoms with Crippen molar-refractivity contribution in [1.29, 1.82) is 0 Å². The van der Waals surface area contributed by atoms with E-state index < -0.39 is 17.9 Å². The summed E-state index contributed by atoms with van der Waals surface area (Å²) < 4.78 is 6.40. The van der Waals surface area contributed by atoms with Gasteiger partial charge in [0.25, 0.3) is 5.91 Å². The van der Waals surface area contributed by atoms with Crippen molar-refractivity contribution in [2.24, 2.45) is 5.92 Å². The predicted molar refractivity (Wildman–Crippen MR) is 106 cm³/mol. The summed E-state index contributed by atoms with van der Waals surface area (Å²) in [6, 6.07) is 16.0. The Bertz CT molecular complexity index is 972. The minimum absolute atomic E-state index is 0.345. The second kappa shape index (κ2) is 8.71. The lowest BCUT2D eigenvalue weighted by molar-refractivity contribution is -0.145. The summed E-state index contributed by atoms with van der Waals surface area (Å²) in [5, 5.41) is 7.67. The first-order valence-electron chi connectivity index (χ1n) is 8.74. The summed E-state index contributed by atoms with van der Waals surface area (Å²) in [5.41, 5.74) is 1.84. The van der Waals surface area contributed by atoms with Crippen LogP contribution in [0.4, 0.5) is 0 Å². The van der Waals surface area contributed by atoms with Crippen molar-refractivity contribution in [3.63, 3.8) is 0 Å². The first-order valence-corrected chi connectivity index (χ1v) is 9.12. The molecule has 2 atom stereocenters. The molecule has 28 heavy (non-hydrogen) atoms. The number of para-hydroxylation sites is 1. The van der Waals surface area contributed by atoms with Crippen molar-refractivity contribution >= 4 is 23.5 Å². The van der Waals surface area contributed by atoms with Gasteiger partial charge in [0.1, 0.15) is 0 Å². The molecule has 0 radical (unpaired) electrons. The van der Waals surface area contributed by atoms with Crippen LogP contribution in [-0.2, 0) is 9.53 Å². The number of esters is 1. The summed E-state index contributed by atoms with van der Waals surface area (Å²) in [6.07, 6.45) is 3.06. The standard InChI is InChI=1S/C21H20ClN3O3/c1-14(21(27)28-2)19(15-8-4-3-5-9-15)24-20(26)16-12-23-25(13-16)18-11-7-6-10-17(18)22/h3-14,19H,1-2H3,(H,24,26). The van der Waals surface area contributed by atoms with Gasteiger partial charge in [0.05, 0.1) is 41.5 Å². The van der Waals surface area contributed by atoms with Crippen molar-refractivity contribution in [3.8, 4) is 5.69 Å². The molecule has 3 rings (SSSR count). The first kappa shape index (κ1) is 19.6. The number of ether oxygens (including phenoxy) is 1. The van der Waals surface area contributed by atoms with Crippen molar-refractivity contribution in [3.05, 3.63) is 83.1 Å². The summed E-state index contributed by atoms with van der Waals surface area (Å²) in [5.74, 6) is -1.31. The number of hydrogen-bond donors (Lipinski definition) is 1. The maximum Gasteiger partial charge on any atom is 0.310 e. The van der Waals surface area contributed by atoms with E-state index in [2.05, 4.69) is 10.4 Å². The second-order valence-electron chi connectivity index (χ2n) is 6.30. The monoisotopic (exact) mass is 397 g/mol. The largest absolute Gasteiger partial charge is 0.469 e. The molecule has 7 heteroatoms. The molecule has 144 valence electrons. The highest BCUT2D eigenvalue weighted by Gasteiger charge is 2.28. The number of nitrogens with zero attached hydrogens (tertiary/aromatic N) is 2. The second-order valence-corrected chi connectivity index (χ2v) is 6.71. The number of methoxy groups -OCH3 is 1. The lowest BCUT2D eigenvalue weighted by atomic mass is 9.94. The summed E-state index contributed by atoms with van der Waals surface area (Å²) >= 11 is 6.19. The molecule has 1 aromatic heterocycles. The van der Waals surface area contributed by atoms with Crippen LogP contribution in [0, 0.1) is 5.92 Å². The number of carbonyl (C=O) groups is 2. The molecule has 0 aliphatic rings. The van der Waals surface area contributed by atoms with Crippen molar-refractivity contribution < 1.29 is 14.3 Å². The Morgan fingerprint density at radius 3 is 2.46 bits per heavy atom. The zero-order chi connectivity index (χ0) is 20.1. The maximum absolute atomic E-state index is 12.8. The Hall–Kier alpha value is -3.12. The van der Waals surface area contributed by atoms with Crippen LogP contribution in [0.15, 0.2) is 67.0 Å². The van der Waals surface area contributed by atoms with Crippen LogP contribution in [0.2, 0.25) is 5.02 Å². The number of amides is 1. The minimum Gasteiger partial charge on any atom is -0.469 e. The lowest BCUT2D eigenvalue weighted by Gasteiger charge is -2.23. The third-order valence-electron chi connectivity index (χ3n) is 4.46. The predicted octanol–water partition coefficient (Wildman–Crippen LogP) is 3.81. The molecule has 0 saturated heterocycles. The van der Waals surface area contributed by atoms with E-state index in [4.69, 9.17) is 16.3 Å². The smallest absolute Gasteiger partial charge is 0.310 e. The molecule has 0 spiro atoms. The molecule has 2 unspecified atom stereocenters. The molecule has 3 aromatic rings. The van der Waals surface area contributed by atoms with E-state index in [9.17, 15) is 9.59 Å². The van der Waals surface area contributed by atoms with Gasteiger partial charge in [-0.25, -0.2) is 4.68 Å². The van der Waals surface area contributed by atoms with E-state index in [0.717, 1.165) is 5.56 Å². The molecule has 0 saturated carbocycles. The minimum atomic E-state index is -0.560. The normalized spacial score (nSPS) is 12.8. The molecule has 0 fully saturated rings. The fraction of sp³-hybridized carbons (Fsp3) is 0.190. The van der Waals surface area contributed by atoms with Gasteiger partial charge in [-0.05, 0) is 24.6 Å². The highest BCUT2D eigenvalue weighted by atomic mass is 35.5. The number of hydrogen-bond acceptors (Lipinski definition) is 4. The summed E-state index contributed by atoms with van der Waals surface area (Å²) in [6.45, 7) is 1.72. The number of rotatable bonds is 6. The number of aromatic nitrogens is 2. The van der Waals surface area contributed by atoms with E-state index in [1.54, 1.807) is 23.9 Å². The van der Waals surface area contributed by atoms with Gasteiger partial charge in [-0.3, -0.25) is 9.59 Å². The number of benzene rings is 2. The van der Waals surface area contributed by atoms with Crippen molar-refractivity contribution in [1.82, 2.24) is 15.1 Å². The van der Waals surface area contributed by atoms with E-state index >= 15 is 0 Å². The van der Waals surface area contributed by atoms with Crippen molar-refractivity contribution in [2.75, 3.05) is 7.11 Å². The highest BCUT2D eigenvalue weighted by Crippen LogP contribution is 2.24. The van der Waals surface area contributed by atoms with Crippen LogP contribution in [-0.4, -0.2) is 28.8 Å². The molecule has 0 aliphatic heterocycles. The van der Waals surface area contributed by atoms with Crippen LogP contribution < -0.4 is 5.32 Å². The van der Waals surface area contributed by atoms with Crippen LogP contribution >= 0.6 is 11.6 Å². The van der Waals surface area contributed by atoms with Crippen LogP contribution in [0.1, 0.15) is 28.9 Å². The lowest BCUT2D eigenvalue weighted by Crippen LogP contribution is -2.36. The molecule has 0 bridgehead atoms. The van der Waals surface area contributed by atoms with Gasteiger partial charge in [-0.2, -0.15) is 5.10 Å². The Labute approximate surface area is 168 Å². The fourth-order valence-electron chi connectivity index (χ4n) is 2.91. The highest BCUT2D eigenvalue weighted by molar-refractivity contribution is 6.32. The Morgan fingerprint density at radius 1 is 1.11 bits per heavy atom. The maximum atomic E-state index is 12.8. The van der Waals surface area contributed by atoms with Gasteiger partial charge in [0.15, 0.2) is 0 Å². The molecule has 0 aliphatic carbocycles. The van der Waals surface area contributed by atoms with E-state index in [0.29, 0.717) is 16.3 Å². The van der Waals surface area contributed by atoms with Gasteiger partial charge in [0, 0.05) is 6.20 Å². The zero-order valence-electron chi connectivity index (χ0n) is 15.5. The third-order valence-corrected chi connectivity index (χ3v) is 4.78.